The average Bonchev–Trinajstić information content (AvgIpc) is 2.31. The largest absolute Gasteiger partial charge is 0.317 e. The van der Waals surface area contributed by atoms with E-state index >= 15 is 0 Å². The quantitative estimate of drug-likeness (QED) is 0.835. The number of nitrogens with one attached hydrogen (secondary N) is 1. The Morgan fingerprint density at radius 1 is 1.56 bits per heavy atom. The SMILES string of the molecule is CNC1CCN(Cc2cccnc2)CC1C. The molecule has 1 saturated heterocycles. The van der Waals surface area contributed by atoms with E-state index in [4.69, 9.17) is 0 Å². The van der Waals surface area contributed by atoms with Gasteiger partial charge in [0.05, 0.1) is 0 Å². The van der Waals surface area contributed by atoms with E-state index in [0.29, 0.717) is 6.04 Å². The molecular weight excluding hydrogens is 198 g/mol. The highest BCUT2D eigenvalue weighted by atomic mass is 15.1. The van der Waals surface area contributed by atoms with Crippen molar-refractivity contribution in [3.8, 4) is 0 Å². The summed E-state index contributed by atoms with van der Waals surface area (Å²) in [6, 6.07) is 4.85. The standard InChI is InChI=1S/C13H21N3/c1-11-9-16(7-5-13(11)14-2)10-12-4-3-6-15-8-12/h3-4,6,8,11,13-14H,5,7,9-10H2,1-2H3. The first-order chi connectivity index (χ1) is 7.79. The van der Waals surface area contributed by atoms with E-state index in [9.17, 15) is 0 Å². The molecule has 2 rings (SSSR count). The molecule has 0 amide bonds. The second-order valence-corrected chi connectivity index (χ2v) is 4.76. The minimum absolute atomic E-state index is 0.685. The van der Waals surface area contributed by atoms with Gasteiger partial charge in [-0.3, -0.25) is 9.88 Å². The number of aromatic nitrogens is 1. The van der Waals surface area contributed by atoms with Crippen molar-refractivity contribution in [1.29, 1.82) is 0 Å². The van der Waals surface area contributed by atoms with Crippen LogP contribution in [0.15, 0.2) is 24.5 Å². The molecule has 0 aromatic carbocycles. The highest BCUT2D eigenvalue weighted by molar-refractivity contribution is 5.08. The Bertz CT molecular complexity index is 312. The van der Waals surface area contributed by atoms with Crippen LogP contribution < -0.4 is 5.32 Å². The second kappa shape index (κ2) is 5.41. The molecule has 2 atom stereocenters. The Hall–Kier alpha value is -0.930. The van der Waals surface area contributed by atoms with Gasteiger partial charge >= 0.3 is 0 Å². The number of rotatable bonds is 3. The van der Waals surface area contributed by atoms with Crippen LogP contribution in [-0.4, -0.2) is 36.1 Å². The van der Waals surface area contributed by atoms with Crippen molar-refractivity contribution < 1.29 is 0 Å². The minimum Gasteiger partial charge on any atom is -0.317 e. The van der Waals surface area contributed by atoms with Gasteiger partial charge in [-0.2, -0.15) is 0 Å². The lowest BCUT2D eigenvalue weighted by Gasteiger charge is -2.36. The van der Waals surface area contributed by atoms with Crippen LogP contribution in [0.5, 0.6) is 0 Å². The summed E-state index contributed by atoms with van der Waals surface area (Å²) in [7, 11) is 2.07. The number of likely N-dealkylation sites (tertiary alicyclic amines) is 1. The Morgan fingerprint density at radius 3 is 3.06 bits per heavy atom. The summed E-state index contributed by atoms with van der Waals surface area (Å²) < 4.78 is 0. The molecular formula is C13H21N3. The molecule has 2 unspecified atom stereocenters. The first-order valence-corrected chi connectivity index (χ1v) is 6.08. The molecule has 88 valence electrons. The maximum absolute atomic E-state index is 4.16. The van der Waals surface area contributed by atoms with Gasteiger partial charge in [-0.25, -0.2) is 0 Å². The number of nitrogens with zero attached hydrogens (tertiary/aromatic N) is 2. The molecule has 3 heteroatoms. The van der Waals surface area contributed by atoms with Gasteiger partial charge < -0.3 is 5.32 Å². The van der Waals surface area contributed by atoms with Gasteiger partial charge in [0.2, 0.25) is 0 Å². The van der Waals surface area contributed by atoms with E-state index in [2.05, 4.69) is 35.2 Å². The van der Waals surface area contributed by atoms with E-state index in [1.165, 1.54) is 25.1 Å². The maximum Gasteiger partial charge on any atom is 0.0312 e. The van der Waals surface area contributed by atoms with Crippen molar-refractivity contribution in [3.63, 3.8) is 0 Å². The Morgan fingerprint density at radius 2 is 2.44 bits per heavy atom. The fourth-order valence-electron chi connectivity index (χ4n) is 2.55. The van der Waals surface area contributed by atoms with Gasteiger partial charge in [0.1, 0.15) is 0 Å². The van der Waals surface area contributed by atoms with Crippen LogP contribution >= 0.6 is 0 Å². The first kappa shape index (κ1) is 11.6. The molecule has 1 aliphatic heterocycles. The smallest absolute Gasteiger partial charge is 0.0312 e. The lowest BCUT2D eigenvalue weighted by atomic mass is 9.94. The van der Waals surface area contributed by atoms with Gasteiger partial charge in [0.25, 0.3) is 0 Å². The molecule has 1 N–H and O–H groups in total. The minimum atomic E-state index is 0.685. The van der Waals surface area contributed by atoms with Crippen molar-refractivity contribution in [2.75, 3.05) is 20.1 Å². The number of hydrogen-bond acceptors (Lipinski definition) is 3. The van der Waals surface area contributed by atoms with E-state index in [0.717, 1.165) is 12.5 Å². The highest BCUT2D eigenvalue weighted by Crippen LogP contribution is 2.18. The molecule has 2 heterocycles. The van der Waals surface area contributed by atoms with Crippen molar-refractivity contribution in [3.05, 3.63) is 30.1 Å². The van der Waals surface area contributed by atoms with Crippen molar-refractivity contribution >= 4 is 0 Å². The maximum atomic E-state index is 4.16. The van der Waals surface area contributed by atoms with Crippen LogP contribution in [0.4, 0.5) is 0 Å². The molecule has 16 heavy (non-hydrogen) atoms. The van der Waals surface area contributed by atoms with Crippen molar-refractivity contribution in [2.24, 2.45) is 5.92 Å². The lowest BCUT2D eigenvalue weighted by Crippen LogP contribution is -2.46. The Kier molecular flexibility index (Phi) is 3.91. The predicted molar refractivity (Wildman–Crippen MR) is 66.1 cm³/mol. The Balaban J connectivity index is 1.89. The van der Waals surface area contributed by atoms with Crippen LogP contribution in [0.1, 0.15) is 18.9 Å². The summed E-state index contributed by atoms with van der Waals surface area (Å²) >= 11 is 0. The van der Waals surface area contributed by atoms with Gasteiger partial charge in [-0.05, 0) is 37.6 Å². The molecule has 0 aliphatic carbocycles. The van der Waals surface area contributed by atoms with Crippen LogP contribution in [0, 0.1) is 5.92 Å². The summed E-state index contributed by atoms with van der Waals surface area (Å²) in [6.45, 7) is 5.73. The highest BCUT2D eigenvalue weighted by Gasteiger charge is 2.24. The third kappa shape index (κ3) is 2.80. The fraction of sp³-hybridized carbons (Fsp3) is 0.615. The second-order valence-electron chi connectivity index (χ2n) is 4.76. The summed E-state index contributed by atoms with van der Waals surface area (Å²) in [5.41, 5.74) is 1.32. The molecule has 0 radical (unpaired) electrons. The molecule has 1 fully saturated rings. The molecule has 0 spiro atoms. The van der Waals surface area contributed by atoms with Gasteiger partial charge in [0, 0.05) is 31.5 Å². The molecule has 1 aliphatic rings. The van der Waals surface area contributed by atoms with Crippen LogP contribution in [0.3, 0.4) is 0 Å². The van der Waals surface area contributed by atoms with Crippen molar-refractivity contribution in [1.82, 2.24) is 15.2 Å². The fourth-order valence-corrected chi connectivity index (χ4v) is 2.55. The van der Waals surface area contributed by atoms with Crippen LogP contribution in [0.2, 0.25) is 0 Å². The van der Waals surface area contributed by atoms with E-state index in [-0.39, 0.29) is 0 Å². The zero-order valence-corrected chi connectivity index (χ0v) is 10.2. The van der Waals surface area contributed by atoms with Gasteiger partial charge in [0.15, 0.2) is 0 Å². The van der Waals surface area contributed by atoms with Crippen molar-refractivity contribution in [2.45, 2.75) is 25.9 Å². The zero-order valence-electron chi connectivity index (χ0n) is 10.2. The molecule has 1 aromatic heterocycles. The Labute approximate surface area is 97.9 Å². The number of hydrogen-bond donors (Lipinski definition) is 1. The molecule has 3 nitrogen and oxygen atoms in total. The van der Waals surface area contributed by atoms with Crippen LogP contribution in [-0.2, 0) is 6.54 Å². The average molecular weight is 219 g/mol. The summed E-state index contributed by atoms with van der Waals surface area (Å²) in [6.07, 6.45) is 5.05. The summed E-state index contributed by atoms with van der Waals surface area (Å²) in [5.74, 6) is 0.732. The molecule has 0 bridgehead atoms. The van der Waals surface area contributed by atoms with Crippen LogP contribution in [0.25, 0.3) is 0 Å². The van der Waals surface area contributed by atoms with E-state index in [1.54, 1.807) is 0 Å². The monoisotopic (exact) mass is 219 g/mol. The lowest BCUT2D eigenvalue weighted by molar-refractivity contribution is 0.145. The summed E-state index contributed by atoms with van der Waals surface area (Å²) in [4.78, 5) is 6.68. The normalized spacial score (nSPS) is 26.9. The topological polar surface area (TPSA) is 28.2 Å². The predicted octanol–water partition coefficient (Wildman–Crippen LogP) is 1.51. The van der Waals surface area contributed by atoms with E-state index in [1.807, 2.05) is 18.5 Å². The first-order valence-electron chi connectivity index (χ1n) is 6.08. The summed E-state index contributed by atoms with van der Waals surface area (Å²) in [5, 5.41) is 3.40. The van der Waals surface area contributed by atoms with Gasteiger partial charge in [-0.1, -0.05) is 13.0 Å². The van der Waals surface area contributed by atoms with E-state index < -0.39 is 0 Å². The zero-order chi connectivity index (χ0) is 11.4. The molecule has 1 aromatic rings. The van der Waals surface area contributed by atoms with Gasteiger partial charge in [-0.15, -0.1) is 0 Å². The number of piperidine rings is 1. The number of pyridine rings is 1. The third-order valence-electron chi connectivity index (χ3n) is 3.49. The molecule has 0 saturated carbocycles. The third-order valence-corrected chi connectivity index (χ3v) is 3.49.